The number of methoxy groups -OCH3 is 1. The molecule has 4 aromatic rings. The second-order valence-corrected chi connectivity index (χ2v) is 14.4. The Kier molecular flexibility index (Phi) is 9.79. The Morgan fingerprint density at radius 3 is 2.50 bits per heavy atom. The van der Waals surface area contributed by atoms with Crippen LogP contribution in [-0.4, -0.2) is 72.9 Å². The van der Waals surface area contributed by atoms with E-state index in [0.717, 1.165) is 77.6 Å². The van der Waals surface area contributed by atoms with E-state index in [1.54, 1.807) is 13.2 Å². The lowest BCUT2D eigenvalue weighted by molar-refractivity contribution is 0.0951. The molecule has 1 saturated heterocycles. The highest BCUT2D eigenvalue weighted by molar-refractivity contribution is 7.88. The second kappa shape index (κ2) is 14.0. The Morgan fingerprint density at radius 1 is 0.978 bits per heavy atom. The largest absolute Gasteiger partial charge is 0.497 e. The van der Waals surface area contributed by atoms with Crippen molar-refractivity contribution in [2.75, 3.05) is 39.5 Å². The fourth-order valence-electron chi connectivity index (χ4n) is 6.37. The quantitative estimate of drug-likeness (QED) is 0.224. The van der Waals surface area contributed by atoms with Crippen molar-refractivity contribution in [1.29, 1.82) is 0 Å². The fraction of sp³-hybridized carbons (Fsp3) is 0.371. The van der Waals surface area contributed by atoms with Crippen molar-refractivity contribution in [2.45, 2.75) is 45.3 Å². The lowest BCUT2D eigenvalue weighted by Crippen LogP contribution is -2.35. The monoisotopic (exact) mass is 661 g/mol. The summed E-state index contributed by atoms with van der Waals surface area (Å²) >= 11 is 6.75. The van der Waals surface area contributed by atoms with Crippen molar-refractivity contribution in [3.63, 3.8) is 0 Å². The highest BCUT2D eigenvalue weighted by atomic mass is 35.5. The molecule has 242 valence electrons. The van der Waals surface area contributed by atoms with Crippen LogP contribution in [-0.2, 0) is 36.1 Å². The number of aryl methyl sites for hydroxylation is 1. The zero-order valence-electron chi connectivity index (χ0n) is 26.3. The molecule has 46 heavy (non-hydrogen) atoms. The zero-order chi connectivity index (χ0) is 32.3. The van der Waals surface area contributed by atoms with E-state index >= 15 is 0 Å². The number of fused-ring (bicyclic) bond motifs is 1. The number of amides is 1. The van der Waals surface area contributed by atoms with E-state index in [1.807, 2.05) is 60.7 Å². The summed E-state index contributed by atoms with van der Waals surface area (Å²) in [7, 11) is -1.74. The first-order valence-electron chi connectivity index (χ1n) is 15.8. The average molecular weight is 662 g/mol. The van der Waals surface area contributed by atoms with E-state index < -0.39 is 10.0 Å². The summed E-state index contributed by atoms with van der Waals surface area (Å²) in [4.78, 5) is 15.6. The van der Waals surface area contributed by atoms with Gasteiger partial charge in [0.1, 0.15) is 5.75 Å². The van der Waals surface area contributed by atoms with Gasteiger partial charge in [-0.05, 0) is 86.4 Å². The number of ether oxygens (including phenoxy) is 1. The van der Waals surface area contributed by atoms with Crippen molar-refractivity contribution in [1.82, 2.24) is 24.3 Å². The summed E-state index contributed by atoms with van der Waals surface area (Å²) in [5, 5.41) is 8.62. The van der Waals surface area contributed by atoms with Gasteiger partial charge in [0.2, 0.25) is 10.0 Å². The zero-order valence-corrected chi connectivity index (χ0v) is 27.9. The van der Waals surface area contributed by atoms with E-state index in [9.17, 15) is 13.2 Å². The molecule has 1 N–H and O–H groups in total. The van der Waals surface area contributed by atoms with Crippen LogP contribution in [0.5, 0.6) is 5.75 Å². The standard InChI is InChI=1S/C35H40ClN5O4S/c1-45-29-12-9-25(10-13-29)23-37-35(42)28-8-5-7-26(21-28)30-22-27(11-14-32(30)36)34-31-24-40(46(2,43)44)20-15-33(31)41(38-34)19-6-18-39-16-3-4-17-39/h5,7-14,21-22H,3-4,6,15-20,23-24H2,1-2H3,(H,37,42). The van der Waals surface area contributed by atoms with Gasteiger partial charge in [-0.25, -0.2) is 8.42 Å². The first-order valence-corrected chi connectivity index (χ1v) is 18.0. The Morgan fingerprint density at radius 2 is 1.76 bits per heavy atom. The van der Waals surface area contributed by atoms with Gasteiger partial charge in [0, 0.05) is 65.6 Å². The topological polar surface area (TPSA) is 96.8 Å². The number of likely N-dealkylation sites (tertiary alicyclic amines) is 1. The SMILES string of the molecule is COc1ccc(CNC(=O)c2cccc(-c3cc(-c4nn(CCCN5CCCC5)c5c4CN(S(C)(=O)=O)CC5)ccc3Cl)c2)cc1. The minimum Gasteiger partial charge on any atom is -0.497 e. The van der Waals surface area contributed by atoms with Gasteiger partial charge in [0.25, 0.3) is 5.91 Å². The van der Waals surface area contributed by atoms with Crippen LogP contribution in [0.15, 0.2) is 66.7 Å². The highest BCUT2D eigenvalue weighted by Gasteiger charge is 2.30. The maximum atomic E-state index is 13.1. The van der Waals surface area contributed by atoms with Crippen molar-refractivity contribution in [3.05, 3.63) is 94.1 Å². The molecule has 1 fully saturated rings. The fourth-order valence-corrected chi connectivity index (χ4v) is 7.38. The molecule has 3 heterocycles. The number of hydrogen-bond donors (Lipinski definition) is 1. The summed E-state index contributed by atoms with van der Waals surface area (Å²) < 4.78 is 33.9. The van der Waals surface area contributed by atoms with Crippen molar-refractivity contribution in [2.24, 2.45) is 0 Å². The van der Waals surface area contributed by atoms with E-state index in [1.165, 1.54) is 23.4 Å². The number of nitrogens with zero attached hydrogens (tertiary/aromatic N) is 4. The number of rotatable bonds is 11. The third kappa shape index (κ3) is 7.31. The van der Waals surface area contributed by atoms with Gasteiger partial charge in [-0.1, -0.05) is 41.9 Å². The molecule has 2 aliphatic rings. The number of sulfonamides is 1. The summed E-state index contributed by atoms with van der Waals surface area (Å²) in [6.07, 6.45) is 5.39. The molecule has 0 saturated carbocycles. The first-order chi connectivity index (χ1) is 22.2. The summed E-state index contributed by atoms with van der Waals surface area (Å²) in [5.41, 5.74) is 6.75. The average Bonchev–Trinajstić information content (AvgIpc) is 3.72. The van der Waals surface area contributed by atoms with Gasteiger partial charge in [-0.2, -0.15) is 9.40 Å². The number of nitrogens with one attached hydrogen (secondary N) is 1. The van der Waals surface area contributed by atoms with Gasteiger partial charge in [0.15, 0.2) is 0 Å². The molecule has 0 atom stereocenters. The van der Waals surface area contributed by atoms with Gasteiger partial charge >= 0.3 is 0 Å². The molecule has 0 bridgehead atoms. The Bertz CT molecular complexity index is 1820. The van der Waals surface area contributed by atoms with Crippen LogP contribution in [0.4, 0.5) is 0 Å². The molecule has 11 heteroatoms. The predicted molar refractivity (Wildman–Crippen MR) is 182 cm³/mol. The smallest absolute Gasteiger partial charge is 0.251 e. The molecule has 3 aromatic carbocycles. The molecule has 0 spiro atoms. The number of aromatic nitrogens is 2. The predicted octanol–water partition coefficient (Wildman–Crippen LogP) is 5.61. The minimum absolute atomic E-state index is 0.187. The summed E-state index contributed by atoms with van der Waals surface area (Å²) in [6, 6.07) is 20.8. The molecule has 0 unspecified atom stereocenters. The van der Waals surface area contributed by atoms with Crippen LogP contribution in [0.2, 0.25) is 5.02 Å². The molecule has 2 aliphatic heterocycles. The molecular formula is C35H40ClN5O4S. The number of carbonyl (C=O) groups excluding carboxylic acids is 1. The van der Waals surface area contributed by atoms with Crippen LogP contribution in [0.1, 0.15) is 46.4 Å². The van der Waals surface area contributed by atoms with E-state index in [0.29, 0.717) is 30.1 Å². The maximum Gasteiger partial charge on any atom is 0.251 e. The third-order valence-electron chi connectivity index (χ3n) is 8.90. The van der Waals surface area contributed by atoms with Crippen LogP contribution in [0.3, 0.4) is 0 Å². The van der Waals surface area contributed by atoms with Gasteiger partial charge in [-0.3, -0.25) is 9.48 Å². The minimum atomic E-state index is -3.36. The number of benzene rings is 3. The first kappa shape index (κ1) is 32.2. The van der Waals surface area contributed by atoms with E-state index in [-0.39, 0.29) is 12.5 Å². The van der Waals surface area contributed by atoms with Crippen LogP contribution >= 0.6 is 11.6 Å². The van der Waals surface area contributed by atoms with E-state index in [4.69, 9.17) is 21.4 Å². The maximum absolute atomic E-state index is 13.1. The van der Waals surface area contributed by atoms with Crippen molar-refractivity contribution >= 4 is 27.5 Å². The van der Waals surface area contributed by atoms with E-state index in [2.05, 4.69) is 14.9 Å². The molecule has 1 amide bonds. The molecular weight excluding hydrogens is 622 g/mol. The number of carbonyl (C=O) groups is 1. The lowest BCUT2D eigenvalue weighted by atomic mass is 9.97. The molecule has 6 rings (SSSR count). The third-order valence-corrected chi connectivity index (χ3v) is 10.5. The lowest BCUT2D eigenvalue weighted by Gasteiger charge is -2.26. The van der Waals surface area contributed by atoms with Crippen LogP contribution in [0, 0.1) is 0 Å². The molecule has 9 nitrogen and oxygen atoms in total. The van der Waals surface area contributed by atoms with Gasteiger partial charge < -0.3 is 15.0 Å². The van der Waals surface area contributed by atoms with Gasteiger partial charge in [0.05, 0.1) is 19.1 Å². The molecule has 1 aromatic heterocycles. The highest BCUT2D eigenvalue weighted by Crippen LogP contribution is 2.36. The number of halogens is 1. The van der Waals surface area contributed by atoms with Crippen molar-refractivity contribution in [3.8, 4) is 28.1 Å². The molecule has 0 radical (unpaired) electrons. The van der Waals surface area contributed by atoms with Gasteiger partial charge in [-0.15, -0.1) is 0 Å². The number of hydrogen-bond acceptors (Lipinski definition) is 6. The van der Waals surface area contributed by atoms with Crippen LogP contribution < -0.4 is 10.1 Å². The Balaban J connectivity index is 1.26. The normalized spacial score (nSPS) is 15.5. The van der Waals surface area contributed by atoms with Crippen molar-refractivity contribution < 1.29 is 17.9 Å². The summed E-state index contributed by atoms with van der Waals surface area (Å²) in [5.74, 6) is 0.576. The Labute approximate surface area is 276 Å². The Hall–Kier alpha value is -3.70. The van der Waals surface area contributed by atoms with Crippen LogP contribution in [0.25, 0.3) is 22.4 Å². The molecule has 0 aliphatic carbocycles. The second-order valence-electron chi connectivity index (χ2n) is 12.1. The summed E-state index contributed by atoms with van der Waals surface area (Å²) in [6.45, 7) is 5.26.